The molecule has 0 saturated carbocycles. The molecule has 0 amide bonds. The Hall–Kier alpha value is -1.85. The summed E-state index contributed by atoms with van der Waals surface area (Å²) >= 11 is 11.9. The number of hydrogen-bond acceptors (Lipinski definition) is 4. The van der Waals surface area contributed by atoms with Gasteiger partial charge in [0.15, 0.2) is 5.02 Å². The minimum atomic E-state index is -0.470. The maximum atomic E-state index is 12.2. The van der Waals surface area contributed by atoms with Gasteiger partial charge in [-0.3, -0.25) is 4.79 Å². The number of aromatic nitrogens is 2. The Kier molecular flexibility index (Phi) is 5.12. The number of halogens is 2. The third-order valence-corrected chi connectivity index (χ3v) is 3.67. The molecule has 23 heavy (non-hydrogen) atoms. The molecular formula is C16H17Cl2N3O2. The van der Waals surface area contributed by atoms with Gasteiger partial charge >= 0.3 is 0 Å². The van der Waals surface area contributed by atoms with E-state index in [0.29, 0.717) is 10.7 Å². The van der Waals surface area contributed by atoms with E-state index in [4.69, 9.17) is 28.0 Å². The number of nitrogens with zero attached hydrogens (tertiary/aromatic N) is 3. The Bertz CT molecular complexity index is 790. The molecule has 7 heteroatoms. The van der Waals surface area contributed by atoms with Crippen LogP contribution >= 0.6 is 23.2 Å². The highest BCUT2D eigenvalue weighted by molar-refractivity contribution is 6.31. The van der Waals surface area contributed by atoms with E-state index >= 15 is 0 Å². The first-order chi connectivity index (χ1) is 10.7. The minimum absolute atomic E-state index is 0.0532. The van der Waals surface area contributed by atoms with Crippen molar-refractivity contribution in [2.75, 3.05) is 0 Å². The summed E-state index contributed by atoms with van der Waals surface area (Å²) in [6.07, 6.45) is 1.38. The van der Waals surface area contributed by atoms with E-state index in [2.05, 4.69) is 10.3 Å². The lowest BCUT2D eigenvalue weighted by Gasteiger charge is -2.20. The van der Waals surface area contributed by atoms with Crippen molar-refractivity contribution < 1.29 is 4.84 Å². The summed E-state index contributed by atoms with van der Waals surface area (Å²) in [6.45, 7) is 7.37. The second-order valence-electron chi connectivity index (χ2n) is 5.99. The van der Waals surface area contributed by atoms with Crippen molar-refractivity contribution in [2.24, 2.45) is 5.16 Å². The summed E-state index contributed by atoms with van der Waals surface area (Å²) < 4.78 is 1.30. The molecule has 0 aliphatic heterocycles. The van der Waals surface area contributed by atoms with Gasteiger partial charge in [-0.15, -0.1) is 0 Å². The molecule has 5 nitrogen and oxygen atoms in total. The SMILES string of the molecule is C/C(=N/Oc1cnn(C(C)(C)C)c(=O)c1Cl)c1ccc(Cl)cc1. The molecule has 122 valence electrons. The van der Waals surface area contributed by atoms with Crippen LogP contribution < -0.4 is 10.4 Å². The highest BCUT2D eigenvalue weighted by Crippen LogP contribution is 2.21. The predicted octanol–water partition coefficient (Wildman–Crippen LogP) is 4.11. The Labute approximate surface area is 144 Å². The van der Waals surface area contributed by atoms with Crippen LogP contribution in [-0.4, -0.2) is 15.5 Å². The van der Waals surface area contributed by atoms with Crippen molar-refractivity contribution in [3.8, 4) is 5.75 Å². The lowest BCUT2D eigenvalue weighted by molar-refractivity contribution is 0.313. The van der Waals surface area contributed by atoms with Crippen molar-refractivity contribution in [2.45, 2.75) is 33.2 Å². The summed E-state index contributed by atoms with van der Waals surface area (Å²) in [7, 11) is 0. The first-order valence-corrected chi connectivity index (χ1v) is 7.71. The number of hydrogen-bond donors (Lipinski definition) is 0. The molecule has 2 aromatic rings. The monoisotopic (exact) mass is 353 g/mol. The third-order valence-electron chi connectivity index (χ3n) is 3.07. The van der Waals surface area contributed by atoms with E-state index in [9.17, 15) is 4.79 Å². The zero-order valence-corrected chi connectivity index (χ0v) is 14.8. The van der Waals surface area contributed by atoms with Gasteiger partial charge in [0.25, 0.3) is 5.56 Å². The number of oxime groups is 1. The van der Waals surface area contributed by atoms with Gasteiger partial charge in [-0.1, -0.05) is 40.5 Å². The van der Waals surface area contributed by atoms with Crippen LogP contribution in [-0.2, 0) is 5.54 Å². The lowest BCUT2D eigenvalue weighted by atomic mass is 10.1. The molecule has 0 aliphatic carbocycles. The maximum absolute atomic E-state index is 12.2. The molecule has 1 aromatic heterocycles. The van der Waals surface area contributed by atoms with E-state index in [1.54, 1.807) is 19.1 Å². The topological polar surface area (TPSA) is 56.5 Å². The minimum Gasteiger partial charge on any atom is -0.353 e. The molecule has 1 aromatic carbocycles. The van der Waals surface area contributed by atoms with Crippen LogP contribution in [0.1, 0.15) is 33.3 Å². The Morgan fingerprint density at radius 2 is 1.83 bits per heavy atom. The van der Waals surface area contributed by atoms with Crippen LogP contribution in [0.3, 0.4) is 0 Å². The second kappa shape index (κ2) is 6.72. The predicted molar refractivity (Wildman–Crippen MR) is 92.8 cm³/mol. The number of benzene rings is 1. The molecule has 0 atom stereocenters. The molecule has 2 rings (SSSR count). The average Bonchev–Trinajstić information content (AvgIpc) is 2.48. The highest BCUT2D eigenvalue weighted by atomic mass is 35.5. The molecule has 0 bridgehead atoms. The summed E-state index contributed by atoms with van der Waals surface area (Å²) in [5.41, 5.74) is 0.581. The molecular weight excluding hydrogens is 337 g/mol. The lowest BCUT2D eigenvalue weighted by Crippen LogP contribution is -2.36. The molecule has 0 N–H and O–H groups in total. The van der Waals surface area contributed by atoms with E-state index < -0.39 is 11.1 Å². The van der Waals surface area contributed by atoms with Crippen molar-refractivity contribution in [3.05, 3.63) is 56.4 Å². The zero-order chi connectivity index (χ0) is 17.2. The Morgan fingerprint density at radius 3 is 2.39 bits per heavy atom. The van der Waals surface area contributed by atoms with Gasteiger partial charge in [0.2, 0.25) is 5.75 Å². The molecule has 0 fully saturated rings. The second-order valence-corrected chi connectivity index (χ2v) is 6.80. The Balaban J connectivity index is 2.27. The number of rotatable bonds is 3. The molecule has 0 unspecified atom stereocenters. The molecule has 0 radical (unpaired) electrons. The fourth-order valence-corrected chi connectivity index (χ4v) is 2.11. The normalized spacial score (nSPS) is 12.3. The van der Waals surface area contributed by atoms with Gasteiger partial charge in [-0.2, -0.15) is 5.10 Å². The molecule has 1 heterocycles. The van der Waals surface area contributed by atoms with Gasteiger partial charge in [0.1, 0.15) is 0 Å². The van der Waals surface area contributed by atoms with Crippen LogP contribution in [0.2, 0.25) is 10.0 Å². The Morgan fingerprint density at radius 1 is 1.22 bits per heavy atom. The summed E-state index contributed by atoms with van der Waals surface area (Å²) in [6, 6.07) is 7.16. The van der Waals surface area contributed by atoms with E-state index in [-0.39, 0.29) is 10.8 Å². The van der Waals surface area contributed by atoms with Crippen molar-refractivity contribution in [1.82, 2.24) is 9.78 Å². The van der Waals surface area contributed by atoms with Crippen LogP contribution in [0.5, 0.6) is 5.75 Å². The van der Waals surface area contributed by atoms with Crippen LogP contribution in [0.25, 0.3) is 0 Å². The van der Waals surface area contributed by atoms with Crippen molar-refractivity contribution in [3.63, 3.8) is 0 Å². The first kappa shape index (κ1) is 17.5. The van der Waals surface area contributed by atoms with Crippen LogP contribution in [0.4, 0.5) is 0 Å². The van der Waals surface area contributed by atoms with E-state index in [1.165, 1.54) is 10.9 Å². The van der Waals surface area contributed by atoms with Gasteiger partial charge < -0.3 is 4.84 Å². The van der Waals surface area contributed by atoms with E-state index in [0.717, 1.165) is 5.56 Å². The zero-order valence-electron chi connectivity index (χ0n) is 13.3. The molecule has 0 aliphatic rings. The van der Waals surface area contributed by atoms with Crippen LogP contribution in [0.15, 0.2) is 40.4 Å². The average molecular weight is 354 g/mol. The fraction of sp³-hybridized carbons (Fsp3) is 0.312. The van der Waals surface area contributed by atoms with E-state index in [1.807, 2.05) is 32.9 Å². The largest absolute Gasteiger partial charge is 0.353 e. The van der Waals surface area contributed by atoms with Crippen molar-refractivity contribution >= 4 is 28.9 Å². The maximum Gasteiger partial charge on any atom is 0.289 e. The fourth-order valence-electron chi connectivity index (χ4n) is 1.82. The van der Waals surface area contributed by atoms with Crippen LogP contribution in [0, 0.1) is 0 Å². The van der Waals surface area contributed by atoms with Gasteiger partial charge in [0, 0.05) is 5.02 Å². The van der Waals surface area contributed by atoms with Crippen molar-refractivity contribution in [1.29, 1.82) is 0 Å². The van der Waals surface area contributed by atoms with Gasteiger partial charge in [-0.05, 0) is 45.4 Å². The quantitative estimate of drug-likeness (QED) is 0.616. The summed E-state index contributed by atoms with van der Waals surface area (Å²) in [5.74, 6) is 0.116. The first-order valence-electron chi connectivity index (χ1n) is 6.96. The molecule has 0 saturated heterocycles. The molecule has 0 spiro atoms. The van der Waals surface area contributed by atoms with Gasteiger partial charge in [-0.25, -0.2) is 4.68 Å². The van der Waals surface area contributed by atoms with Gasteiger partial charge in [0.05, 0.1) is 17.4 Å². The smallest absolute Gasteiger partial charge is 0.289 e. The highest BCUT2D eigenvalue weighted by Gasteiger charge is 2.20. The third kappa shape index (κ3) is 4.12. The summed E-state index contributed by atoms with van der Waals surface area (Å²) in [5, 5.41) is 8.66. The summed E-state index contributed by atoms with van der Waals surface area (Å²) in [4.78, 5) is 17.5. The standard InChI is InChI=1S/C16H17Cl2N3O2/c1-10(11-5-7-12(17)8-6-11)20-23-13-9-19-21(16(2,3)4)15(22)14(13)18/h5-9H,1-4H3/b20-10-.